The van der Waals surface area contributed by atoms with Crippen LogP contribution in [0.1, 0.15) is 32.1 Å². The van der Waals surface area contributed by atoms with Gasteiger partial charge in [-0.2, -0.15) is 0 Å². The molecule has 0 amide bonds. The number of fused-ring (bicyclic) bond motifs is 1. The van der Waals surface area contributed by atoms with Crippen LogP contribution in [0.5, 0.6) is 0 Å². The maximum atomic E-state index is 11.4. The normalized spacial score (nSPS) is 50.5. The number of carbonyl (C=O) groups excluding carboxylic acids is 1. The molecule has 66 valence electrons. The number of hydrogen-bond acceptors (Lipinski definition) is 2. The standard InChI is InChI=1S/C10H14O2/c11-10-8-2-6-1-7(3-8)5-9(4-6)12-10/h6-9H,1-5H2/t6-,7+,8-,9-. The van der Waals surface area contributed by atoms with Crippen molar-refractivity contribution in [3.05, 3.63) is 0 Å². The van der Waals surface area contributed by atoms with Crippen LogP contribution in [0.4, 0.5) is 0 Å². The van der Waals surface area contributed by atoms with Crippen molar-refractivity contribution in [1.29, 1.82) is 0 Å². The van der Waals surface area contributed by atoms with Crippen LogP contribution < -0.4 is 0 Å². The Morgan fingerprint density at radius 1 is 1.00 bits per heavy atom. The highest BCUT2D eigenvalue weighted by Crippen LogP contribution is 2.46. The van der Waals surface area contributed by atoms with Gasteiger partial charge in [0.15, 0.2) is 0 Å². The van der Waals surface area contributed by atoms with Crippen LogP contribution >= 0.6 is 0 Å². The lowest BCUT2D eigenvalue weighted by Crippen LogP contribution is -2.29. The minimum Gasteiger partial charge on any atom is -0.462 e. The summed E-state index contributed by atoms with van der Waals surface area (Å²) in [6.07, 6.45) is 6.19. The minimum absolute atomic E-state index is 0.102. The zero-order valence-corrected chi connectivity index (χ0v) is 7.16. The Kier molecular flexibility index (Phi) is 1.29. The van der Waals surface area contributed by atoms with E-state index in [4.69, 9.17) is 4.74 Å². The van der Waals surface area contributed by atoms with Gasteiger partial charge in [-0.1, -0.05) is 0 Å². The van der Waals surface area contributed by atoms with Gasteiger partial charge < -0.3 is 4.74 Å². The molecular weight excluding hydrogens is 152 g/mol. The van der Waals surface area contributed by atoms with Gasteiger partial charge in [0.25, 0.3) is 0 Å². The molecule has 0 radical (unpaired) electrons. The molecule has 2 aliphatic heterocycles. The molecule has 2 heteroatoms. The Morgan fingerprint density at radius 2 is 1.67 bits per heavy atom. The third-order valence-electron chi connectivity index (χ3n) is 3.71. The molecule has 4 fully saturated rings. The highest BCUT2D eigenvalue weighted by molar-refractivity contribution is 5.73. The summed E-state index contributed by atoms with van der Waals surface area (Å²) in [6, 6.07) is 0. The lowest BCUT2D eigenvalue weighted by molar-refractivity contribution is -0.151. The molecule has 0 aromatic carbocycles. The van der Waals surface area contributed by atoms with Crippen molar-refractivity contribution in [2.45, 2.75) is 38.2 Å². The van der Waals surface area contributed by atoms with E-state index in [2.05, 4.69) is 0 Å². The summed E-state index contributed by atoms with van der Waals surface area (Å²) in [5, 5.41) is 0. The first kappa shape index (κ1) is 6.93. The molecule has 2 nitrogen and oxygen atoms in total. The van der Waals surface area contributed by atoms with Crippen LogP contribution in [-0.4, -0.2) is 12.1 Å². The summed E-state index contributed by atoms with van der Waals surface area (Å²) in [4.78, 5) is 11.4. The molecular formula is C10H14O2. The van der Waals surface area contributed by atoms with Crippen LogP contribution in [0.2, 0.25) is 0 Å². The zero-order valence-electron chi connectivity index (χ0n) is 7.16. The lowest BCUT2D eigenvalue weighted by Gasteiger charge is -2.35. The van der Waals surface area contributed by atoms with Crippen LogP contribution in [0.25, 0.3) is 0 Å². The summed E-state index contributed by atoms with van der Waals surface area (Å²) in [5.41, 5.74) is 0. The predicted molar refractivity (Wildman–Crippen MR) is 43.4 cm³/mol. The van der Waals surface area contributed by atoms with E-state index in [1.165, 1.54) is 6.42 Å². The third-order valence-corrected chi connectivity index (χ3v) is 3.71. The molecule has 0 spiro atoms. The van der Waals surface area contributed by atoms with Gasteiger partial charge in [0.1, 0.15) is 6.10 Å². The summed E-state index contributed by atoms with van der Waals surface area (Å²) in [6.45, 7) is 0. The maximum Gasteiger partial charge on any atom is 0.309 e. The fraction of sp³-hybridized carbons (Fsp3) is 0.900. The molecule has 2 saturated carbocycles. The molecule has 0 N–H and O–H groups in total. The fourth-order valence-electron chi connectivity index (χ4n) is 3.34. The van der Waals surface area contributed by atoms with Crippen molar-refractivity contribution in [2.24, 2.45) is 17.8 Å². The Labute approximate surface area is 72.3 Å². The summed E-state index contributed by atoms with van der Waals surface area (Å²) < 4.78 is 5.40. The molecule has 0 aromatic heterocycles. The van der Waals surface area contributed by atoms with Gasteiger partial charge in [0.2, 0.25) is 0 Å². The van der Waals surface area contributed by atoms with Gasteiger partial charge in [-0.15, -0.1) is 0 Å². The van der Waals surface area contributed by atoms with Crippen molar-refractivity contribution >= 4 is 5.97 Å². The maximum absolute atomic E-state index is 11.4. The Hall–Kier alpha value is -0.530. The van der Waals surface area contributed by atoms with E-state index in [9.17, 15) is 4.79 Å². The molecule has 2 aliphatic carbocycles. The van der Waals surface area contributed by atoms with Crippen LogP contribution in [0.15, 0.2) is 0 Å². The van der Waals surface area contributed by atoms with Gasteiger partial charge >= 0.3 is 5.97 Å². The first-order valence-electron chi connectivity index (χ1n) is 5.02. The molecule has 4 atom stereocenters. The number of esters is 1. The molecule has 4 aliphatic rings. The molecule has 0 unspecified atom stereocenters. The molecule has 4 bridgehead atoms. The van der Waals surface area contributed by atoms with Crippen molar-refractivity contribution in [3.63, 3.8) is 0 Å². The molecule has 0 aromatic rings. The van der Waals surface area contributed by atoms with Crippen molar-refractivity contribution in [3.8, 4) is 0 Å². The first-order valence-corrected chi connectivity index (χ1v) is 5.02. The van der Waals surface area contributed by atoms with E-state index in [-0.39, 0.29) is 18.0 Å². The van der Waals surface area contributed by atoms with Gasteiger partial charge in [0.05, 0.1) is 5.92 Å². The smallest absolute Gasteiger partial charge is 0.309 e. The lowest BCUT2D eigenvalue weighted by atomic mass is 9.68. The quantitative estimate of drug-likeness (QED) is 0.512. The first-order chi connectivity index (χ1) is 5.81. The summed E-state index contributed by atoms with van der Waals surface area (Å²) in [7, 11) is 0. The molecule has 12 heavy (non-hydrogen) atoms. The highest BCUT2D eigenvalue weighted by atomic mass is 16.5. The Balaban J connectivity index is 1.95. The van der Waals surface area contributed by atoms with E-state index in [0.717, 1.165) is 37.5 Å². The zero-order chi connectivity index (χ0) is 8.13. The summed E-state index contributed by atoms with van der Waals surface area (Å²) in [5.74, 6) is 1.98. The van der Waals surface area contributed by atoms with Gasteiger partial charge in [-0.25, -0.2) is 0 Å². The number of rotatable bonds is 0. The van der Waals surface area contributed by atoms with E-state index < -0.39 is 0 Å². The predicted octanol–water partition coefficient (Wildman–Crippen LogP) is 1.74. The second-order valence-corrected chi connectivity index (χ2v) is 4.67. The fourth-order valence-corrected chi connectivity index (χ4v) is 3.34. The second kappa shape index (κ2) is 2.24. The second-order valence-electron chi connectivity index (χ2n) is 4.67. The van der Waals surface area contributed by atoms with Crippen molar-refractivity contribution in [1.82, 2.24) is 0 Å². The van der Waals surface area contributed by atoms with Crippen molar-refractivity contribution < 1.29 is 9.53 Å². The topological polar surface area (TPSA) is 26.3 Å². The molecule has 4 rings (SSSR count). The number of hydrogen-bond donors (Lipinski definition) is 0. The monoisotopic (exact) mass is 166 g/mol. The van der Waals surface area contributed by atoms with Crippen LogP contribution in [0.3, 0.4) is 0 Å². The largest absolute Gasteiger partial charge is 0.462 e. The number of carbonyl (C=O) groups is 1. The van der Waals surface area contributed by atoms with Crippen molar-refractivity contribution in [2.75, 3.05) is 0 Å². The average molecular weight is 166 g/mol. The van der Waals surface area contributed by atoms with Gasteiger partial charge in [-0.05, 0) is 43.9 Å². The van der Waals surface area contributed by atoms with Gasteiger partial charge in [-0.3, -0.25) is 4.79 Å². The third kappa shape index (κ3) is 0.900. The van der Waals surface area contributed by atoms with E-state index in [1.807, 2.05) is 0 Å². The minimum atomic E-state index is 0.102. The average Bonchev–Trinajstić information content (AvgIpc) is 2.16. The molecule has 2 heterocycles. The van der Waals surface area contributed by atoms with E-state index in [0.29, 0.717) is 0 Å². The Morgan fingerprint density at radius 3 is 2.33 bits per heavy atom. The van der Waals surface area contributed by atoms with E-state index in [1.54, 1.807) is 0 Å². The van der Waals surface area contributed by atoms with E-state index >= 15 is 0 Å². The van der Waals surface area contributed by atoms with Gasteiger partial charge in [0, 0.05) is 0 Å². The SMILES string of the molecule is O=C1O[C@H]2C[C@H]3C[C@@H](C2)C[C@@H]1C3. The van der Waals surface area contributed by atoms with Crippen LogP contribution in [-0.2, 0) is 9.53 Å². The van der Waals surface area contributed by atoms with Crippen LogP contribution in [0, 0.1) is 17.8 Å². The number of ether oxygens (including phenoxy) is 1. The summed E-state index contributed by atoms with van der Waals surface area (Å²) >= 11 is 0. The molecule has 2 saturated heterocycles. The highest BCUT2D eigenvalue weighted by Gasteiger charge is 2.44. The Bertz CT molecular complexity index is 210.